The summed E-state index contributed by atoms with van der Waals surface area (Å²) in [5, 5.41) is 5.02. The van der Waals surface area contributed by atoms with Gasteiger partial charge >= 0.3 is 0 Å². The maximum absolute atomic E-state index is 13.0. The molecular formula is C23H22N4O4. The molecule has 0 spiro atoms. The molecule has 8 heteroatoms. The first-order valence-electron chi connectivity index (χ1n) is 10.2. The number of nitrogens with zero attached hydrogens (tertiary/aromatic N) is 4. The molecule has 0 N–H and O–H groups in total. The highest BCUT2D eigenvalue weighted by Gasteiger charge is 2.30. The van der Waals surface area contributed by atoms with Crippen molar-refractivity contribution in [1.29, 1.82) is 0 Å². The highest BCUT2D eigenvalue weighted by molar-refractivity contribution is 5.89. The Morgan fingerprint density at radius 2 is 2.03 bits per heavy atom. The van der Waals surface area contributed by atoms with Gasteiger partial charge in [0.25, 0.3) is 5.89 Å². The summed E-state index contributed by atoms with van der Waals surface area (Å²) in [6.07, 6.45) is 4.85. The summed E-state index contributed by atoms with van der Waals surface area (Å²) in [4.78, 5) is 23.2. The second-order valence-corrected chi connectivity index (χ2v) is 7.71. The predicted molar refractivity (Wildman–Crippen MR) is 112 cm³/mol. The van der Waals surface area contributed by atoms with E-state index in [-0.39, 0.29) is 12.3 Å². The number of amides is 1. The third-order valence-corrected chi connectivity index (χ3v) is 5.76. The van der Waals surface area contributed by atoms with Crippen molar-refractivity contribution in [1.82, 2.24) is 20.0 Å². The molecule has 3 aromatic heterocycles. The van der Waals surface area contributed by atoms with Crippen LogP contribution in [0.2, 0.25) is 0 Å². The van der Waals surface area contributed by atoms with Crippen LogP contribution in [0.4, 0.5) is 0 Å². The minimum absolute atomic E-state index is 0.0168. The molecule has 1 amide bonds. The number of hydrogen-bond acceptors (Lipinski definition) is 7. The number of carbonyl (C=O) groups is 1. The molecule has 4 aromatic rings. The number of morpholine rings is 1. The zero-order chi connectivity index (χ0) is 21.4. The topological polar surface area (TPSA) is 94.5 Å². The van der Waals surface area contributed by atoms with Crippen LogP contribution in [0.1, 0.15) is 28.7 Å². The minimum Gasteiger partial charge on any atom is -0.464 e. The fourth-order valence-corrected chi connectivity index (χ4v) is 3.81. The SMILES string of the molecule is Cc1ccc2c(CC(=O)N3CCOC(c4nc(-c5ccncc5)no4)C3)coc2c1C. The molecular weight excluding hydrogens is 396 g/mol. The van der Waals surface area contributed by atoms with Crippen LogP contribution in [0, 0.1) is 13.8 Å². The molecule has 0 radical (unpaired) electrons. The first-order chi connectivity index (χ1) is 15.1. The van der Waals surface area contributed by atoms with E-state index in [0.717, 1.165) is 27.7 Å². The Bertz CT molecular complexity index is 1230. The van der Waals surface area contributed by atoms with Crippen LogP contribution in [-0.2, 0) is 16.0 Å². The summed E-state index contributed by atoms with van der Waals surface area (Å²) in [5.74, 6) is 0.854. The number of fused-ring (bicyclic) bond motifs is 1. The number of benzene rings is 1. The van der Waals surface area contributed by atoms with Crippen molar-refractivity contribution < 1.29 is 18.5 Å². The van der Waals surface area contributed by atoms with E-state index >= 15 is 0 Å². The molecule has 1 aliphatic rings. The van der Waals surface area contributed by atoms with Gasteiger partial charge in [-0.2, -0.15) is 4.98 Å². The average molecular weight is 418 g/mol. The maximum Gasteiger partial charge on any atom is 0.257 e. The number of carbonyl (C=O) groups excluding carboxylic acids is 1. The van der Waals surface area contributed by atoms with Crippen LogP contribution in [0.5, 0.6) is 0 Å². The van der Waals surface area contributed by atoms with E-state index in [4.69, 9.17) is 13.7 Å². The summed E-state index contributed by atoms with van der Waals surface area (Å²) >= 11 is 0. The molecule has 4 heterocycles. The summed E-state index contributed by atoms with van der Waals surface area (Å²) in [6, 6.07) is 7.70. The third kappa shape index (κ3) is 3.70. The summed E-state index contributed by atoms with van der Waals surface area (Å²) in [6.45, 7) is 5.38. The second kappa shape index (κ2) is 7.96. The first-order valence-corrected chi connectivity index (χ1v) is 10.2. The molecule has 0 bridgehead atoms. The summed E-state index contributed by atoms with van der Waals surface area (Å²) in [5.41, 5.74) is 4.82. The lowest BCUT2D eigenvalue weighted by Crippen LogP contribution is -2.43. The zero-order valence-corrected chi connectivity index (χ0v) is 17.4. The molecule has 8 nitrogen and oxygen atoms in total. The number of aromatic nitrogens is 3. The molecule has 1 aliphatic heterocycles. The van der Waals surface area contributed by atoms with Gasteiger partial charge in [0.1, 0.15) is 5.58 Å². The van der Waals surface area contributed by atoms with Gasteiger partial charge in [0.2, 0.25) is 11.7 Å². The number of rotatable bonds is 4. The minimum atomic E-state index is -0.452. The molecule has 158 valence electrons. The number of aryl methyl sites for hydroxylation is 2. The van der Waals surface area contributed by atoms with Crippen LogP contribution in [-0.4, -0.2) is 45.6 Å². The van der Waals surface area contributed by atoms with Gasteiger partial charge in [-0.1, -0.05) is 17.3 Å². The molecule has 31 heavy (non-hydrogen) atoms. The van der Waals surface area contributed by atoms with Gasteiger partial charge < -0.3 is 18.6 Å². The van der Waals surface area contributed by atoms with E-state index in [2.05, 4.69) is 21.2 Å². The smallest absolute Gasteiger partial charge is 0.257 e. The highest BCUT2D eigenvalue weighted by Crippen LogP contribution is 2.28. The third-order valence-electron chi connectivity index (χ3n) is 5.76. The van der Waals surface area contributed by atoms with Crippen molar-refractivity contribution in [3.63, 3.8) is 0 Å². The average Bonchev–Trinajstić information content (AvgIpc) is 3.45. The van der Waals surface area contributed by atoms with E-state index in [0.29, 0.717) is 31.4 Å². The molecule has 0 saturated carbocycles. The molecule has 1 saturated heterocycles. The van der Waals surface area contributed by atoms with Crippen LogP contribution < -0.4 is 0 Å². The fourth-order valence-electron chi connectivity index (χ4n) is 3.81. The number of pyridine rings is 1. The standard InChI is InChI=1S/C23H22N4O4/c1-14-3-4-18-17(13-30-21(18)15(14)2)11-20(28)27-9-10-29-19(12-27)23-25-22(26-31-23)16-5-7-24-8-6-16/h3-8,13,19H,9-12H2,1-2H3. The molecule has 1 fully saturated rings. The zero-order valence-electron chi connectivity index (χ0n) is 17.4. The van der Waals surface area contributed by atoms with Crippen molar-refractivity contribution in [3.05, 3.63) is 65.5 Å². The van der Waals surface area contributed by atoms with E-state index < -0.39 is 6.10 Å². The molecule has 5 rings (SSSR count). The van der Waals surface area contributed by atoms with Crippen LogP contribution >= 0.6 is 0 Å². The Morgan fingerprint density at radius 1 is 1.19 bits per heavy atom. The lowest BCUT2D eigenvalue weighted by Gasteiger charge is -2.31. The number of hydrogen-bond donors (Lipinski definition) is 0. The highest BCUT2D eigenvalue weighted by atomic mass is 16.5. The predicted octanol–water partition coefficient (Wildman–Crippen LogP) is 3.64. The monoisotopic (exact) mass is 418 g/mol. The van der Waals surface area contributed by atoms with E-state index in [1.54, 1.807) is 23.6 Å². The number of ether oxygens (including phenoxy) is 1. The van der Waals surface area contributed by atoms with Gasteiger partial charge in [-0.15, -0.1) is 0 Å². The first kappa shape index (κ1) is 19.4. The van der Waals surface area contributed by atoms with Crippen molar-refractivity contribution in [2.24, 2.45) is 0 Å². The molecule has 1 atom stereocenters. The Balaban J connectivity index is 1.30. The van der Waals surface area contributed by atoms with Crippen LogP contribution in [0.25, 0.3) is 22.4 Å². The lowest BCUT2D eigenvalue weighted by atomic mass is 10.0. The Hall–Kier alpha value is -3.52. The largest absolute Gasteiger partial charge is 0.464 e. The van der Waals surface area contributed by atoms with E-state index in [1.165, 1.54) is 5.56 Å². The van der Waals surface area contributed by atoms with Gasteiger partial charge in [-0.3, -0.25) is 9.78 Å². The Morgan fingerprint density at radius 3 is 2.87 bits per heavy atom. The molecule has 1 unspecified atom stereocenters. The van der Waals surface area contributed by atoms with Gasteiger partial charge in [-0.05, 0) is 37.1 Å². The maximum atomic E-state index is 13.0. The van der Waals surface area contributed by atoms with Crippen molar-refractivity contribution >= 4 is 16.9 Å². The summed E-state index contributed by atoms with van der Waals surface area (Å²) in [7, 11) is 0. The van der Waals surface area contributed by atoms with E-state index in [9.17, 15) is 4.79 Å². The van der Waals surface area contributed by atoms with Gasteiger partial charge in [0.15, 0.2) is 6.10 Å². The van der Waals surface area contributed by atoms with Gasteiger partial charge in [0, 0.05) is 35.5 Å². The van der Waals surface area contributed by atoms with Crippen molar-refractivity contribution in [2.75, 3.05) is 19.7 Å². The number of furan rings is 1. The van der Waals surface area contributed by atoms with Gasteiger partial charge in [-0.25, -0.2) is 0 Å². The molecule has 1 aromatic carbocycles. The molecule has 0 aliphatic carbocycles. The van der Waals surface area contributed by atoms with Crippen LogP contribution in [0.15, 0.2) is 51.9 Å². The van der Waals surface area contributed by atoms with Gasteiger partial charge in [0.05, 0.1) is 25.8 Å². The fraction of sp³-hybridized carbons (Fsp3) is 0.304. The summed E-state index contributed by atoms with van der Waals surface area (Å²) < 4.78 is 17.0. The van der Waals surface area contributed by atoms with Crippen molar-refractivity contribution in [3.8, 4) is 11.4 Å². The Kier molecular flexibility index (Phi) is 4.99. The van der Waals surface area contributed by atoms with Crippen LogP contribution in [0.3, 0.4) is 0 Å². The normalized spacial score (nSPS) is 16.7. The lowest BCUT2D eigenvalue weighted by molar-refractivity contribution is -0.139. The van der Waals surface area contributed by atoms with E-state index in [1.807, 2.05) is 32.0 Å². The second-order valence-electron chi connectivity index (χ2n) is 7.71. The van der Waals surface area contributed by atoms with Crippen molar-refractivity contribution in [2.45, 2.75) is 26.4 Å². The quantitative estimate of drug-likeness (QED) is 0.499. The Labute approximate surface area is 178 Å².